The molecule has 0 spiro atoms. The highest BCUT2D eigenvalue weighted by Gasteiger charge is 2.44. The Hall–Kier alpha value is -1.81. The number of hydrogen-bond acceptors (Lipinski definition) is 8. The average Bonchev–Trinajstić information content (AvgIpc) is 2.97. The lowest BCUT2D eigenvalue weighted by Crippen LogP contribution is -2.33. The van der Waals surface area contributed by atoms with Crippen molar-refractivity contribution in [3.8, 4) is 0 Å². The summed E-state index contributed by atoms with van der Waals surface area (Å²) in [5.41, 5.74) is 6.57. The van der Waals surface area contributed by atoms with E-state index in [4.69, 9.17) is 15.2 Å². The van der Waals surface area contributed by atoms with Crippen LogP contribution in [0.15, 0.2) is 12.7 Å². The van der Waals surface area contributed by atoms with Crippen LogP contribution in [0.3, 0.4) is 0 Å². The first-order valence-corrected chi connectivity index (χ1v) is 6.07. The Bertz CT molecular complexity index is 618. The summed E-state index contributed by atoms with van der Waals surface area (Å²) < 4.78 is 12.1. The number of fused-ring (bicyclic) bond motifs is 1. The number of nitrogens with zero attached hydrogens (tertiary/aromatic N) is 4. The minimum atomic E-state index is -1.11. The van der Waals surface area contributed by atoms with Crippen molar-refractivity contribution in [3.63, 3.8) is 0 Å². The molecule has 1 aliphatic rings. The number of methoxy groups -OCH3 is 1. The van der Waals surface area contributed by atoms with Crippen molar-refractivity contribution in [3.05, 3.63) is 12.7 Å². The zero-order chi connectivity index (χ0) is 14.3. The third kappa shape index (κ3) is 1.91. The van der Waals surface area contributed by atoms with E-state index in [1.807, 2.05) is 0 Å². The molecule has 108 valence electrons. The molecule has 1 saturated heterocycles. The lowest BCUT2D eigenvalue weighted by molar-refractivity contribution is -0.0580. The van der Waals surface area contributed by atoms with Gasteiger partial charge in [0, 0.05) is 7.11 Å². The van der Waals surface area contributed by atoms with Gasteiger partial charge in [-0.2, -0.15) is 0 Å². The number of nitrogen functional groups attached to an aromatic ring is 1. The maximum absolute atomic E-state index is 10.1. The number of ether oxygens (including phenoxy) is 2. The highest BCUT2D eigenvalue weighted by molar-refractivity contribution is 5.81. The third-order valence-electron chi connectivity index (χ3n) is 3.33. The predicted octanol–water partition coefficient (Wildman–Crippen LogP) is -1.33. The van der Waals surface area contributed by atoms with Gasteiger partial charge >= 0.3 is 0 Å². The second-order valence-corrected chi connectivity index (χ2v) is 4.58. The molecule has 0 saturated carbocycles. The molecule has 0 aromatic carbocycles. The zero-order valence-corrected chi connectivity index (χ0v) is 10.7. The second kappa shape index (κ2) is 4.94. The van der Waals surface area contributed by atoms with Crippen molar-refractivity contribution in [1.29, 1.82) is 0 Å². The summed E-state index contributed by atoms with van der Waals surface area (Å²) in [6, 6.07) is 0. The van der Waals surface area contributed by atoms with Crippen molar-refractivity contribution in [2.75, 3.05) is 19.5 Å². The van der Waals surface area contributed by atoms with Crippen molar-refractivity contribution in [1.82, 2.24) is 19.5 Å². The Kier molecular flexibility index (Phi) is 3.26. The lowest BCUT2D eigenvalue weighted by Gasteiger charge is -2.16. The van der Waals surface area contributed by atoms with E-state index >= 15 is 0 Å². The molecule has 0 aliphatic carbocycles. The van der Waals surface area contributed by atoms with Gasteiger partial charge in [-0.3, -0.25) is 4.57 Å². The maximum Gasteiger partial charge on any atom is 0.167 e. The normalized spacial score (nSPS) is 30.1. The molecule has 0 amide bonds. The molecule has 3 heterocycles. The van der Waals surface area contributed by atoms with Gasteiger partial charge in [-0.15, -0.1) is 0 Å². The van der Waals surface area contributed by atoms with Crippen LogP contribution in [-0.4, -0.2) is 61.8 Å². The van der Waals surface area contributed by atoms with Gasteiger partial charge in [-0.25, -0.2) is 15.0 Å². The molecular weight excluding hydrogens is 266 g/mol. The van der Waals surface area contributed by atoms with Crippen molar-refractivity contribution < 1.29 is 19.7 Å². The Labute approximate surface area is 114 Å². The van der Waals surface area contributed by atoms with Crippen LogP contribution in [-0.2, 0) is 9.47 Å². The van der Waals surface area contributed by atoms with Gasteiger partial charge in [0.15, 0.2) is 17.7 Å². The SMILES string of the molecule is COCC1O[C@@H](n2cnc3c(N)ncnc32)C(O)C1O. The van der Waals surface area contributed by atoms with E-state index in [0.29, 0.717) is 11.2 Å². The van der Waals surface area contributed by atoms with Gasteiger partial charge < -0.3 is 25.4 Å². The Morgan fingerprint density at radius 3 is 2.90 bits per heavy atom. The summed E-state index contributed by atoms with van der Waals surface area (Å²) in [6.07, 6.45) is -0.812. The number of aliphatic hydroxyl groups excluding tert-OH is 2. The summed E-state index contributed by atoms with van der Waals surface area (Å²) in [5, 5.41) is 20.0. The first kappa shape index (κ1) is 13.2. The number of hydrogen-bond donors (Lipinski definition) is 3. The quantitative estimate of drug-likeness (QED) is 0.631. The van der Waals surface area contributed by atoms with Gasteiger partial charge in [-0.1, -0.05) is 0 Å². The van der Waals surface area contributed by atoms with Crippen molar-refractivity contribution in [2.24, 2.45) is 0 Å². The number of rotatable bonds is 3. The smallest absolute Gasteiger partial charge is 0.167 e. The molecule has 0 bridgehead atoms. The average molecular weight is 281 g/mol. The minimum absolute atomic E-state index is 0.179. The highest BCUT2D eigenvalue weighted by Crippen LogP contribution is 2.31. The van der Waals surface area contributed by atoms with E-state index in [9.17, 15) is 10.2 Å². The van der Waals surface area contributed by atoms with E-state index in [1.54, 1.807) is 0 Å². The van der Waals surface area contributed by atoms with E-state index < -0.39 is 24.5 Å². The monoisotopic (exact) mass is 281 g/mol. The van der Waals surface area contributed by atoms with Crippen LogP contribution in [0, 0.1) is 0 Å². The van der Waals surface area contributed by atoms with E-state index in [0.717, 1.165) is 0 Å². The van der Waals surface area contributed by atoms with E-state index in [-0.39, 0.29) is 12.4 Å². The maximum atomic E-state index is 10.1. The number of anilines is 1. The molecule has 2 aromatic rings. The van der Waals surface area contributed by atoms with Crippen molar-refractivity contribution in [2.45, 2.75) is 24.5 Å². The number of aromatic nitrogens is 4. The fraction of sp³-hybridized carbons (Fsp3) is 0.545. The summed E-state index contributed by atoms with van der Waals surface area (Å²) >= 11 is 0. The highest BCUT2D eigenvalue weighted by atomic mass is 16.6. The van der Waals surface area contributed by atoms with Gasteiger partial charge in [0.1, 0.15) is 30.2 Å². The first-order chi connectivity index (χ1) is 9.63. The predicted molar refractivity (Wildman–Crippen MR) is 67.5 cm³/mol. The first-order valence-electron chi connectivity index (χ1n) is 6.07. The largest absolute Gasteiger partial charge is 0.387 e. The molecule has 4 atom stereocenters. The van der Waals surface area contributed by atoms with Gasteiger partial charge in [-0.05, 0) is 0 Å². The molecule has 1 aliphatic heterocycles. The van der Waals surface area contributed by atoms with Crippen LogP contribution in [0.4, 0.5) is 5.82 Å². The number of aliphatic hydroxyl groups is 2. The number of nitrogens with two attached hydrogens (primary N) is 1. The van der Waals surface area contributed by atoms with Gasteiger partial charge in [0.05, 0.1) is 12.9 Å². The molecule has 1 fully saturated rings. The third-order valence-corrected chi connectivity index (χ3v) is 3.33. The Morgan fingerprint density at radius 2 is 2.15 bits per heavy atom. The molecule has 4 N–H and O–H groups in total. The second-order valence-electron chi connectivity index (χ2n) is 4.58. The van der Waals surface area contributed by atoms with Crippen LogP contribution in [0.2, 0.25) is 0 Å². The van der Waals surface area contributed by atoms with Crippen LogP contribution in [0.5, 0.6) is 0 Å². The molecule has 3 rings (SSSR count). The lowest BCUT2D eigenvalue weighted by atomic mass is 10.1. The molecule has 2 aromatic heterocycles. The fourth-order valence-electron chi connectivity index (χ4n) is 2.32. The Balaban J connectivity index is 1.97. The summed E-state index contributed by atoms with van der Waals surface area (Å²) in [7, 11) is 1.50. The van der Waals surface area contributed by atoms with E-state index in [2.05, 4.69) is 15.0 Å². The fourth-order valence-corrected chi connectivity index (χ4v) is 2.32. The van der Waals surface area contributed by atoms with E-state index in [1.165, 1.54) is 24.3 Å². The summed E-state index contributed by atoms with van der Waals surface area (Å²) in [6.45, 7) is 0.179. The minimum Gasteiger partial charge on any atom is -0.387 e. The summed E-state index contributed by atoms with van der Waals surface area (Å²) in [4.78, 5) is 12.0. The van der Waals surface area contributed by atoms with Gasteiger partial charge in [0.2, 0.25) is 0 Å². The molecule has 0 radical (unpaired) electrons. The topological polar surface area (TPSA) is 129 Å². The molecule has 9 heteroatoms. The van der Waals surface area contributed by atoms with Crippen LogP contribution >= 0.6 is 0 Å². The Morgan fingerprint density at radius 1 is 1.35 bits per heavy atom. The standard InChI is InChI=1S/C11H15N5O4/c1-19-2-5-7(17)8(18)11(20-5)16-4-15-6-9(12)13-3-14-10(6)16/h3-5,7-8,11,17-18H,2H2,1H3,(H2,12,13,14)/t5?,7?,8?,11-/m1/s1. The van der Waals surface area contributed by atoms with Crippen LogP contribution < -0.4 is 5.73 Å². The zero-order valence-electron chi connectivity index (χ0n) is 10.7. The van der Waals surface area contributed by atoms with Crippen molar-refractivity contribution >= 4 is 17.0 Å². The molecule has 9 nitrogen and oxygen atoms in total. The molecule has 20 heavy (non-hydrogen) atoms. The molecular formula is C11H15N5O4. The van der Waals surface area contributed by atoms with Crippen LogP contribution in [0.25, 0.3) is 11.2 Å². The molecule has 3 unspecified atom stereocenters. The van der Waals surface area contributed by atoms with Gasteiger partial charge in [0.25, 0.3) is 0 Å². The summed E-state index contributed by atoms with van der Waals surface area (Å²) in [5.74, 6) is 0.246. The van der Waals surface area contributed by atoms with Crippen LogP contribution in [0.1, 0.15) is 6.23 Å². The number of imidazole rings is 1.